The molecule has 1 aliphatic rings. The Kier molecular flexibility index (Phi) is 4.81. The number of nitrogens with two attached hydrogens (primary N) is 1. The second kappa shape index (κ2) is 6.58. The minimum Gasteiger partial charge on any atom is -0.452 e. The van der Waals surface area contributed by atoms with E-state index in [1.165, 1.54) is 12.1 Å². The third-order valence-electron chi connectivity index (χ3n) is 2.90. The molecule has 1 amide bonds. The molecule has 0 radical (unpaired) electrons. The molecule has 0 atom stereocenters. The van der Waals surface area contributed by atoms with Crippen molar-refractivity contribution in [1.82, 2.24) is 4.90 Å². The zero-order valence-corrected chi connectivity index (χ0v) is 11.6. The predicted octanol–water partition coefficient (Wildman–Crippen LogP) is 0.938. The van der Waals surface area contributed by atoms with Crippen molar-refractivity contribution in [3.05, 3.63) is 28.8 Å². The Bertz CT molecular complexity index is 515. The van der Waals surface area contributed by atoms with Gasteiger partial charge in [-0.3, -0.25) is 4.79 Å². The Labute approximate surface area is 121 Å². The molecule has 6 nitrogen and oxygen atoms in total. The Hall–Kier alpha value is -1.79. The number of anilines is 1. The molecule has 1 aromatic carbocycles. The number of hydrogen-bond donors (Lipinski definition) is 1. The number of esters is 1. The lowest BCUT2D eigenvalue weighted by atomic mass is 10.2. The van der Waals surface area contributed by atoms with Crippen molar-refractivity contribution in [2.24, 2.45) is 0 Å². The molecule has 1 aromatic rings. The van der Waals surface area contributed by atoms with Gasteiger partial charge < -0.3 is 20.1 Å². The average Bonchev–Trinajstić information content (AvgIpc) is 2.47. The van der Waals surface area contributed by atoms with E-state index in [4.69, 9.17) is 26.8 Å². The SMILES string of the molecule is Nc1ccc(Cl)c(C(=O)OCC(=O)N2CCOCC2)c1. The molecule has 1 aliphatic heterocycles. The van der Waals surface area contributed by atoms with Crippen LogP contribution in [-0.2, 0) is 14.3 Å². The number of nitrogen functional groups attached to an aromatic ring is 1. The number of rotatable bonds is 3. The molecule has 0 aromatic heterocycles. The first-order valence-electron chi connectivity index (χ1n) is 6.15. The van der Waals surface area contributed by atoms with E-state index in [1.54, 1.807) is 11.0 Å². The summed E-state index contributed by atoms with van der Waals surface area (Å²) >= 11 is 5.89. The smallest absolute Gasteiger partial charge is 0.340 e. The summed E-state index contributed by atoms with van der Waals surface area (Å²) in [6.45, 7) is 1.70. The van der Waals surface area contributed by atoms with Gasteiger partial charge in [-0.15, -0.1) is 0 Å². The van der Waals surface area contributed by atoms with Crippen LogP contribution in [0.4, 0.5) is 5.69 Å². The van der Waals surface area contributed by atoms with Crippen LogP contribution in [0.25, 0.3) is 0 Å². The van der Waals surface area contributed by atoms with Crippen molar-refractivity contribution in [1.29, 1.82) is 0 Å². The van der Waals surface area contributed by atoms with Gasteiger partial charge in [0.15, 0.2) is 6.61 Å². The number of halogens is 1. The normalized spacial score (nSPS) is 14.9. The van der Waals surface area contributed by atoms with Gasteiger partial charge in [0, 0.05) is 18.8 Å². The highest BCUT2D eigenvalue weighted by Crippen LogP contribution is 2.19. The van der Waals surface area contributed by atoms with E-state index in [0.717, 1.165) is 0 Å². The van der Waals surface area contributed by atoms with Gasteiger partial charge in [0.1, 0.15) is 0 Å². The first-order chi connectivity index (χ1) is 9.58. The summed E-state index contributed by atoms with van der Waals surface area (Å²) in [7, 11) is 0. The van der Waals surface area contributed by atoms with Crippen molar-refractivity contribution in [3.63, 3.8) is 0 Å². The van der Waals surface area contributed by atoms with Gasteiger partial charge in [-0.2, -0.15) is 0 Å². The van der Waals surface area contributed by atoms with Crippen LogP contribution < -0.4 is 5.73 Å². The van der Waals surface area contributed by atoms with Crippen molar-refractivity contribution in [2.45, 2.75) is 0 Å². The first-order valence-corrected chi connectivity index (χ1v) is 6.53. The number of hydrogen-bond acceptors (Lipinski definition) is 5. The van der Waals surface area contributed by atoms with Crippen LogP contribution in [0.3, 0.4) is 0 Å². The topological polar surface area (TPSA) is 81.9 Å². The molecular formula is C13H15ClN2O4. The monoisotopic (exact) mass is 298 g/mol. The second-order valence-electron chi connectivity index (χ2n) is 4.31. The fraction of sp³-hybridized carbons (Fsp3) is 0.385. The van der Waals surface area contributed by atoms with E-state index in [9.17, 15) is 9.59 Å². The highest BCUT2D eigenvalue weighted by Gasteiger charge is 2.19. The summed E-state index contributed by atoms with van der Waals surface area (Å²) in [6, 6.07) is 4.51. The number of nitrogens with zero attached hydrogens (tertiary/aromatic N) is 1. The summed E-state index contributed by atoms with van der Waals surface area (Å²) in [4.78, 5) is 25.3. The Morgan fingerprint density at radius 3 is 2.75 bits per heavy atom. The van der Waals surface area contributed by atoms with Crippen molar-refractivity contribution in [3.8, 4) is 0 Å². The summed E-state index contributed by atoms with van der Waals surface area (Å²) in [5.41, 5.74) is 6.14. The number of carbonyl (C=O) groups excluding carboxylic acids is 2. The number of carbonyl (C=O) groups is 2. The molecule has 7 heteroatoms. The van der Waals surface area contributed by atoms with Crippen LogP contribution in [-0.4, -0.2) is 49.7 Å². The maximum absolute atomic E-state index is 11.8. The molecular weight excluding hydrogens is 284 g/mol. The van der Waals surface area contributed by atoms with Gasteiger partial charge in [0.2, 0.25) is 0 Å². The Balaban J connectivity index is 1.91. The highest BCUT2D eigenvalue weighted by molar-refractivity contribution is 6.33. The van der Waals surface area contributed by atoms with Gasteiger partial charge >= 0.3 is 5.97 Å². The summed E-state index contributed by atoms with van der Waals surface area (Å²) < 4.78 is 10.1. The molecule has 108 valence electrons. The molecule has 1 fully saturated rings. The van der Waals surface area contributed by atoms with E-state index in [-0.39, 0.29) is 23.1 Å². The van der Waals surface area contributed by atoms with Crippen molar-refractivity contribution >= 4 is 29.2 Å². The summed E-state index contributed by atoms with van der Waals surface area (Å²) in [5.74, 6) is -0.911. The molecule has 1 heterocycles. The molecule has 0 spiro atoms. The fourth-order valence-corrected chi connectivity index (χ4v) is 2.00. The van der Waals surface area contributed by atoms with Crippen LogP contribution in [0.15, 0.2) is 18.2 Å². The minimum atomic E-state index is -0.663. The predicted molar refractivity (Wildman–Crippen MR) is 73.5 cm³/mol. The Morgan fingerprint density at radius 2 is 2.05 bits per heavy atom. The molecule has 0 aliphatic carbocycles. The third-order valence-corrected chi connectivity index (χ3v) is 3.23. The number of morpholine rings is 1. The average molecular weight is 299 g/mol. The highest BCUT2D eigenvalue weighted by atomic mass is 35.5. The maximum atomic E-state index is 11.8. The second-order valence-corrected chi connectivity index (χ2v) is 4.72. The molecule has 0 saturated carbocycles. The number of ether oxygens (including phenoxy) is 2. The number of amides is 1. The summed E-state index contributed by atoms with van der Waals surface area (Å²) in [6.07, 6.45) is 0. The lowest BCUT2D eigenvalue weighted by Gasteiger charge is -2.26. The summed E-state index contributed by atoms with van der Waals surface area (Å²) in [5, 5.41) is 0.239. The fourth-order valence-electron chi connectivity index (χ4n) is 1.81. The largest absolute Gasteiger partial charge is 0.452 e. The van der Waals surface area contributed by atoms with Crippen molar-refractivity contribution < 1.29 is 19.1 Å². The van der Waals surface area contributed by atoms with Crippen LogP contribution in [0.5, 0.6) is 0 Å². The zero-order valence-electron chi connectivity index (χ0n) is 10.8. The minimum absolute atomic E-state index is 0.154. The van der Waals surface area contributed by atoms with Crippen LogP contribution in [0, 0.1) is 0 Å². The van der Waals surface area contributed by atoms with E-state index in [0.29, 0.717) is 32.0 Å². The molecule has 2 rings (SSSR count). The molecule has 1 saturated heterocycles. The third kappa shape index (κ3) is 3.61. The molecule has 0 bridgehead atoms. The lowest BCUT2D eigenvalue weighted by Crippen LogP contribution is -2.42. The van der Waals surface area contributed by atoms with Crippen molar-refractivity contribution in [2.75, 3.05) is 38.6 Å². The van der Waals surface area contributed by atoms with Crippen LogP contribution >= 0.6 is 11.6 Å². The van der Waals surface area contributed by atoms with Gasteiger partial charge in [0.25, 0.3) is 5.91 Å². The van der Waals surface area contributed by atoms with E-state index < -0.39 is 5.97 Å². The molecule has 20 heavy (non-hydrogen) atoms. The van der Waals surface area contributed by atoms with E-state index >= 15 is 0 Å². The van der Waals surface area contributed by atoms with E-state index in [2.05, 4.69) is 0 Å². The Morgan fingerprint density at radius 1 is 1.35 bits per heavy atom. The van der Waals surface area contributed by atoms with Gasteiger partial charge in [-0.25, -0.2) is 4.79 Å². The molecule has 2 N–H and O–H groups in total. The van der Waals surface area contributed by atoms with Gasteiger partial charge in [-0.05, 0) is 18.2 Å². The van der Waals surface area contributed by atoms with Gasteiger partial charge in [0.05, 0.1) is 23.8 Å². The van der Waals surface area contributed by atoms with Crippen LogP contribution in [0.1, 0.15) is 10.4 Å². The first kappa shape index (κ1) is 14.6. The number of benzene rings is 1. The quantitative estimate of drug-likeness (QED) is 0.663. The standard InChI is InChI=1S/C13H15ClN2O4/c14-11-2-1-9(15)7-10(11)13(18)20-8-12(17)16-3-5-19-6-4-16/h1-2,7H,3-6,8,15H2. The lowest BCUT2D eigenvalue weighted by molar-refractivity contribution is -0.138. The maximum Gasteiger partial charge on any atom is 0.340 e. The zero-order chi connectivity index (χ0) is 14.5. The van der Waals surface area contributed by atoms with Crippen LogP contribution in [0.2, 0.25) is 5.02 Å². The molecule has 0 unspecified atom stereocenters. The van der Waals surface area contributed by atoms with Gasteiger partial charge in [-0.1, -0.05) is 11.6 Å². The van der Waals surface area contributed by atoms with E-state index in [1.807, 2.05) is 0 Å².